The maximum atomic E-state index is 9.28. The Bertz CT molecular complexity index is 818. The number of furan rings is 1. The van der Waals surface area contributed by atoms with Crippen LogP contribution in [0.4, 0.5) is 5.82 Å². The van der Waals surface area contributed by atoms with Crippen LogP contribution in [0.1, 0.15) is 5.56 Å². The van der Waals surface area contributed by atoms with E-state index in [4.69, 9.17) is 10.2 Å². The van der Waals surface area contributed by atoms with Gasteiger partial charge in [-0.1, -0.05) is 28.1 Å². The van der Waals surface area contributed by atoms with Gasteiger partial charge < -0.3 is 10.2 Å². The lowest BCUT2D eigenvalue weighted by Crippen LogP contribution is -1.99. The topological polar surface area (TPSA) is 75.8 Å². The molecule has 2 heterocycles. The first kappa shape index (κ1) is 13.4. The van der Waals surface area contributed by atoms with E-state index < -0.39 is 0 Å². The summed E-state index contributed by atoms with van der Waals surface area (Å²) >= 11 is 3.40. The van der Waals surface area contributed by atoms with Gasteiger partial charge in [-0.2, -0.15) is 5.26 Å². The Morgan fingerprint density at radius 1 is 1.19 bits per heavy atom. The molecule has 5 heteroatoms. The van der Waals surface area contributed by atoms with Crippen molar-refractivity contribution in [2.45, 2.75) is 0 Å². The summed E-state index contributed by atoms with van der Waals surface area (Å²) in [5, 5.41) is 9.28. The molecular weight excluding hydrogens is 330 g/mol. The normalized spacial score (nSPS) is 10.3. The third kappa shape index (κ3) is 2.54. The first-order chi connectivity index (χ1) is 10.2. The minimum absolute atomic E-state index is 0.198. The molecule has 0 aliphatic carbocycles. The van der Waals surface area contributed by atoms with Gasteiger partial charge in [0.15, 0.2) is 0 Å². The third-order valence-corrected chi connectivity index (χ3v) is 3.61. The monoisotopic (exact) mass is 339 g/mol. The van der Waals surface area contributed by atoms with E-state index in [1.807, 2.05) is 30.3 Å². The molecule has 0 atom stereocenters. The zero-order valence-corrected chi connectivity index (χ0v) is 12.5. The maximum absolute atomic E-state index is 9.28. The van der Waals surface area contributed by atoms with Crippen molar-refractivity contribution in [1.82, 2.24) is 4.98 Å². The molecule has 0 spiro atoms. The molecule has 0 fully saturated rings. The molecule has 102 valence electrons. The van der Waals surface area contributed by atoms with Crippen molar-refractivity contribution in [1.29, 1.82) is 5.26 Å². The molecule has 0 saturated carbocycles. The molecule has 0 saturated heterocycles. The fraction of sp³-hybridized carbons (Fsp3) is 0. The number of pyridine rings is 1. The number of nitrogens with two attached hydrogens (primary N) is 1. The van der Waals surface area contributed by atoms with Crippen LogP contribution in [0.25, 0.3) is 22.6 Å². The number of anilines is 1. The molecule has 0 aliphatic heterocycles. The number of benzene rings is 1. The van der Waals surface area contributed by atoms with Gasteiger partial charge in [-0.05, 0) is 30.3 Å². The summed E-state index contributed by atoms with van der Waals surface area (Å²) in [6.07, 6.45) is 1.56. The van der Waals surface area contributed by atoms with Gasteiger partial charge in [-0.3, -0.25) is 0 Å². The summed E-state index contributed by atoms with van der Waals surface area (Å²) in [7, 11) is 0. The van der Waals surface area contributed by atoms with Crippen LogP contribution in [0.15, 0.2) is 57.6 Å². The number of halogens is 1. The van der Waals surface area contributed by atoms with Gasteiger partial charge >= 0.3 is 0 Å². The van der Waals surface area contributed by atoms with E-state index in [9.17, 15) is 5.26 Å². The van der Waals surface area contributed by atoms with E-state index in [1.54, 1.807) is 18.4 Å². The lowest BCUT2D eigenvalue weighted by molar-refractivity contribution is 0.582. The second kappa shape index (κ2) is 5.43. The highest BCUT2D eigenvalue weighted by Gasteiger charge is 2.15. The number of rotatable bonds is 2. The Morgan fingerprint density at radius 2 is 1.95 bits per heavy atom. The number of nitrogens with zero attached hydrogens (tertiary/aromatic N) is 2. The van der Waals surface area contributed by atoms with E-state index in [-0.39, 0.29) is 5.82 Å². The van der Waals surface area contributed by atoms with Crippen molar-refractivity contribution in [2.75, 3.05) is 5.73 Å². The predicted octanol–water partition coefficient (Wildman–Crippen LogP) is 4.22. The van der Waals surface area contributed by atoms with E-state index in [1.165, 1.54) is 0 Å². The molecule has 3 aromatic rings. The number of hydrogen-bond donors (Lipinski definition) is 1. The zero-order chi connectivity index (χ0) is 14.8. The predicted molar refractivity (Wildman–Crippen MR) is 84.2 cm³/mol. The molecule has 4 nitrogen and oxygen atoms in total. The first-order valence-corrected chi connectivity index (χ1v) is 6.99. The SMILES string of the molecule is N#Cc1c(-c2ccco2)cc(-c2ccc(Br)cc2)nc1N. The van der Waals surface area contributed by atoms with Crippen LogP contribution in [-0.2, 0) is 0 Å². The van der Waals surface area contributed by atoms with Gasteiger partial charge in [0.25, 0.3) is 0 Å². The van der Waals surface area contributed by atoms with Gasteiger partial charge in [0, 0.05) is 15.6 Å². The Morgan fingerprint density at radius 3 is 2.57 bits per heavy atom. The molecule has 2 aromatic heterocycles. The van der Waals surface area contributed by atoms with E-state index in [2.05, 4.69) is 27.0 Å². The minimum Gasteiger partial charge on any atom is -0.464 e. The first-order valence-electron chi connectivity index (χ1n) is 6.19. The molecule has 0 aliphatic rings. The Balaban J connectivity index is 2.21. The second-order valence-corrected chi connectivity index (χ2v) is 5.33. The Hall–Kier alpha value is -2.58. The van der Waals surface area contributed by atoms with E-state index >= 15 is 0 Å². The minimum atomic E-state index is 0.198. The molecule has 21 heavy (non-hydrogen) atoms. The molecule has 2 N–H and O–H groups in total. The fourth-order valence-corrected chi connectivity index (χ4v) is 2.34. The van der Waals surface area contributed by atoms with Crippen LogP contribution < -0.4 is 5.73 Å². The highest BCUT2D eigenvalue weighted by molar-refractivity contribution is 9.10. The van der Waals surface area contributed by atoms with Gasteiger partial charge in [0.1, 0.15) is 23.2 Å². The second-order valence-electron chi connectivity index (χ2n) is 4.41. The number of aromatic nitrogens is 1. The highest BCUT2D eigenvalue weighted by atomic mass is 79.9. The lowest BCUT2D eigenvalue weighted by Gasteiger charge is -2.08. The summed E-state index contributed by atoms with van der Waals surface area (Å²) < 4.78 is 6.37. The van der Waals surface area contributed by atoms with Crippen molar-refractivity contribution in [3.05, 3.63) is 58.8 Å². The van der Waals surface area contributed by atoms with Crippen molar-refractivity contribution in [3.63, 3.8) is 0 Å². The van der Waals surface area contributed by atoms with E-state index in [0.717, 1.165) is 10.0 Å². The fourth-order valence-electron chi connectivity index (χ4n) is 2.08. The zero-order valence-electron chi connectivity index (χ0n) is 10.9. The van der Waals surface area contributed by atoms with Crippen molar-refractivity contribution < 1.29 is 4.42 Å². The largest absolute Gasteiger partial charge is 0.464 e. The molecule has 0 amide bonds. The summed E-state index contributed by atoms with van der Waals surface area (Å²) in [4.78, 5) is 4.31. The van der Waals surface area contributed by atoms with Crippen LogP contribution in [0.2, 0.25) is 0 Å². The molecule has 0 unspecified atom stereocenters. The standard InChI is InChI=1S/C16H10BrN3O/c17-11-5-3-10(4-6-11)14-8-12(15-2-1-7-21-15)13(9-18)16(19)20-14/h1-8H,(H2,19,20). The van der Waals surface area contributed by atoms with Gasteiger partial charge in [0.05, 0.1) is 12.0 Å². The quantitative estimate of drug-likeness (QED) is 0.758. The summed E-state index contributed by atoms with van der Waals surface area (Å²) in [6.45, 7) is 0. The van der Waals surface area contributed by atoms with Crippen LogP contribution in [-0.4, -0.2) is 4.98 Å². The summed E-state index contributed by atoms with van der Waals surface area (Å²) in [5.41, 5.74) is 8.51. The van der Waals surface area contributed by atoms with Crippen molar-refractivity contribution in [2.24, 2.45) is 0 Å². The molecule has 0 radical (unpaired) electrons. The van der Waals surface area contributed by atoms with Gasteiger partial charge in [0.2, 0.25) is 0 Å². The lowest BCUT2D eigenvalue weighted by atomic mass is 10.0. The van der Waals surface area contributed by atoms with Crippen LogP contribution in [0.5, 0.6) is 0 Å². The smallest absolute Gasteiger partial charge is 0.142 e. The number of hydrogen-bond acceptors (Lipinski definition) is 4. The molecular formula is C16H10BrN3O. The molecule has 3 rings (SSSR count). The van der Waals surface area contributed by atoms with Crippen LogP contribution in [0.3, 0.4) is 0 Å². The highest BCUT2D eigenvalue weighted by Crippen LogP contribution is 2.31. The Labute approximate surface area is 130 Å². The third-order valence-electron chi connectivity index (χ3n) is 3.09. The number of nitriles is 1. The van der Waals surface area contributed by atoms with Crippen LogP contribution >= 0.6 is 15.9 Å². The average Bonchev–Trinajstić information content (AvgIpc) is 3.01. The molecule has 1 aromatic carbocycles. The average molecular weight is 340 g/mol. The van der Waals surface area contributed by atoms with Gasteiger partial charge in [-0.25, -0.2) is 4.98 Å². The summed E-state index contributed by atoms with van der Waals surface area (Å²) in [6, 6.07) is 15.2. The van der Waals surface area contributed by atoms with Gasteiger partial charge in [-0.15, -0.1) is 0 Å². The number of nitrogen functional groups attached to an aromatic ring is 1. The Kier molecular flexibility index (Phi) is 3.46. The van der Waals surface area contributed by atoms with E-state index in [0.29, 0.717) is 22.6 Å². The maximum Gasteiger partial charge on any atom is 0.142 e. The van der Waals surface area contributed by atoms with Crippen LogP contribution in [0, 0.1) is 11.3 Å². The van der Waals surface area contributed by atoms with Crippen molar-refractivity contribution in [3.8, 4) is 28.7 Å². The summed E-state index contributed by atoms with van der Waals surface area (Å²) in [5.74, 6) is 0.795. The molecule has 0 bridgehead atoms. The van der Waals surface area contributed by atoms with Crippen molar-refractivity contribution >= 4 is 21.7 Å².